The maximum absolute atomic E-state index is 11.8. The summed E-state index contributed by atoms with van der Waals surface area (Å²) >= 11 is 0. The second kappa shape index (κ2) is 5.35. The summed E-state index contributed by atoms with van der Waals surface area (Å²) in [5.41, 5.74) is 1.47. The Hall–Kier alpha value is -2.30. The summed E-state index contributed by atoms with van der Waals surface area (Å²) in [5, 5.41) is 2.89. The Morgan fingerprint density at radius 2 is 2.11 bits per heavy atom. The molecule has 1 atom stereocenters. The number of benzene rings is 1. The van der Waals surface area contributed by atoms with Crippen LogP contribution in [0.1, 0.15) is 29.0 Å². The number of aromatic nitrogens is 2. The smallest absolute Gasteiger partial charge is 0.269 e. The minimum Gasteiger partial charge on any atom is -0.497 e. The van der Waals surface area contributed by atoms with Gasteiger partial charge in [-0.05, 0) is 24.6 Å². The van der Waals surface area contributed by atoms with Gasteiger partial charge in [0.15, 0.2) is 0 Å². The maximum atomic E-state index is 11.8. The molecule has 1 heterocycles. The number of carbonyl (C=O) groups is 1. The van der Waals surface area contributed by atoms with Gasteiger partial charge >= 0.3 is 0 Å². The molecule has 2 N–H and O–H groups in total. The van der Waals surface area contributed by atoms with Gasteiger partial charge in [0.05, 0.1) is 25.7 Å². The molecule has 0 aliphatic heterocycles. The number of nitrogens with one attached hydrogen (secondary N) is 2. The van der Waals surface area contributed by atoms with Gasteiger partial charge < -0.3 is 15.0 Å². The van der Waals surface area contributed by atoms with E-state index in [4.69, 9.17) is 4.74 Å². The number of aromatic amines is 1. The van der Waals surface area contributed by atoms with Crippen LogP contribution in [0.25, 0.3) is 0 Å². The van der Waals surface area contributed by atoms with Gasteiger partial charge in [0.25, 0.3) is 5.91 Å². The maximum Gasteiger partial charge on any atom is 0.269 e. The van der Waals surface area contributed by atoms with Crippen molar-refractivity contribution in [3.8, 4) is 5.75 Å². The molecule has 2 aromatic rings. The van der Waals surface area contributed by atoms with E-state index in [2.05, 4.69) is 15.3 Å². The summed E-state index contributed by atoms with van der Waals surface area (Å²) in [4.78, 5) is 18.4. The molecular weight excluding hydrogens is 230 g/mol. The molecule has 0 spiro atoms. The third-order valence-electron chi connectivity index (χ3n) is 2.71. The van der Waals surface area contributed by atoms with E-state index >= 15 is 0 Å². The molecule has 0 radical (unpaired) electrons. The number of hydrogen-bond donors (Lipinski definition) is 2. The normalized spacial score (nSPS) is 11.9. The summed E-state index contributed by atoms with van der Waals surface area (Å²) in [7, 11) is 1.62. The van der Waals surface area contributed by atoms with Crippen LogP contribution in [0.15, 0.2) is 36.8 Å². The van der Waals surface area contributed by atoms with E-state index in [0.29, 0.717) is 5.69 Å². The molecule has 1 aromatic heterocycles. The molecule has 0 bridgehead atoms. The summed E-state index contributed by atoms with van der Waals surface area (Å²) in [6, 6.07) is 7.52. The first-order valence-corrected chi connectivity index (χ1v) is 5.64. The number of ether oxygens (including phenoxy) is 1. The van der Waals surface area contributed by atoms with Crippen LogP contribution in [-0.4, -0.2) is 23.0 Å². The van der Waals surface area contributed by atoms with Gasteiger partial charge in [-0.25, -0.2) is 4.98 Å². The van der Waals surface area contributed by atoms with E-state index in [9.17, 15) is 4.79 Å². The van der Waals surface area contributed by atoms with E-state index in [1.54, 1.807) is 7.11 Å². The van der Waals surface area contributed by atoms with Gasteiger partial charge in [0, 0.05) is 0 Å². The Labute approximate surface area is 105 Å². The van der Waals surface area contributed by atoms with Crippen LogP contribution in [0.2, 0.25) is 0 Å². The molecule has 0 fully saturated rings. The third-order valence-corrected chi connectivity index (χ3v) is 2.71. The second-order valence-electron chi connectivity index (χ2n) is 3.93. The predicted molar refractivity (Wildman–Crippen MR) is 67.5 cm³/mol. The summed E-state index contributed by atoms with van der Waals surface area (Å²) < 4.78 is 5.09. The average Bonchev–Trinajstić information content (AvgIpc) is 2.92. The highest BCUT2D eigenvalue weighted by molar-refractivity contribution is 5.92. The van der Waals surface area contributed by atoms with Crippen LogP contribution in [-0.2, 0) is 0 Å². The lowest BCUT2D eigenvalue weighted by atomic mass is 10.1. The topological polar surface area (TPSA) is 67.0 Å². The Morgan fingerprint density at radius 1 is 1.39 bits per heavy atom. The number of methoxy groups -OCH3 is 1. The van der Waals surface area contributed by atoms with Gasteiger partial charge in [-0.2, -0.15) is 0 Å². The van der Waals surface area contributed by atoms with Crippen molar-refractivity contribution in [1.82, 2.24) is 15.3 Å². The third kappa shape index (κ3) is 2.68. The number of hydrogen-bond acceptors (Lipinski definition) is 3. The molecule has 1 unspecified atom stereocenters. The number of nitrogens with zero attached hydrogens (tertiary/aromatic N) is 1. The van der Waals surface area contributed by atoms with E-state index in [1.165, 1.54) is 12.5 Å². The molecule has 1 amide bonds. The lowest BCUT2D eigenvalue weighted by molar-refractivity contribution is 0.0935. The van der Waals surface area contributed by atoms with Gasteiger partial charge in [0.2, 0.25) is 0 Å². The van der Waals surface area contributed by atoms with Crippen molar-refractivity contribution >= 4 is 5.91 Å². The monoisotopic (exact) mass is 245 g/mol. The molecule has 0 saturated heterocycles. The summed E-state index contributed by atoms with van der Waals surface area (Å²) in [6.45, 7) is 1.93. The number of carbonyl (C=O) groups excluding carboxylic acids is 1. The Balaban J connectivity index is 2.02. The van der Waals surface area contributed by atoms with Crippen molar-refractivity contribution < 1.29 is 9.53 Å². The van der Waals surface area contributed by atoms with Crippen molar-refractivity contribution in [2.24, 2.45) is 0 Å². The molecule has 18 heavy (non-hydrogen) atoms. The van der Waals surface area contributed by atoms with Crippen LogP contribution >= 0.6 is 0 Å². The van der Waals surface area contributed by atoms with Gasteiger partial charge in [-0.1, -0.05) is 12.1 Å². The molecule has 0 aliphatic carbocycles. The van der Waals surface area contributed by atoms with Gasteiger partial charge in [-0.15, -0.1) is 0 Å². The van der Waals surface area contributed by atoms with Crippen LogP contribution in [0, 0.1) is 0 Å². The molecule has 0 saturated carbocycles. The minimum absolute atomic E-state index is 0.0771. The SMILES string of the molecule is COc1ccc(C(C)NC(=O)c2cnc[nH]2)cc1. The van der Waals surface area contributed by atoms with E-state index < -0.39 is 0 Å². The van der Waals surface area contributed by atoms with Crippen LogP contribution < -0.4 is 10.1 Å². The fraction of sp³-hybridized carbons (Fsp3) is 0.231. The summed E-state index contributed by atoms with van der Waals surface area (Å²) in [5.74, 6) is 0.627. The zero-order valence-electron chi connectivity index (χ0n) is 10.3. The number of imidazole rings is 1. The fourth-order valence-electron chi connectivity index (χ4n) is 1.63. The van der Waals surface area contributed by atoms with Crippen molar-refractivity contribution in [2.45, 2.75) is 13.0 Å². The first-order chi connectivity index (χ1) is 8.70. The first-order valence-electron chi connectivity index (χ1n) is 5.64. The predicted octanol–water partition coefficient (Wildman–Crippen LogP) is 1.91. The van der Waals surface area contributed by atoms with E-state index in [1.807, 2.05) is 31.2 Å². The zero-order chi connectivity index (χ0) is 13.0. The van der Waals surface area contributed by atoms with Crippen molar-refractivity contribution in [3.63, 3.8) is 0 Å². The van der Waals surface area contributed by atoms with Gasteiger partial charge in [-0.3, -0.25) is 4.79 Å². The van der Waals surface area contributed by atoms with Crippen molar-refractivity contribution in [1.29, 1.82) is 0 Å². The van der Waals surface area contributed by atoms with Crippen LogP contribution in [0.3, 0.4) is 0 Å². The zero-order valence-corrected chi connectivity index (χ0v) is 10.3. The number of amides is 1. The molecule has 5 heteroatoms. The summed E-state index contributed by atoms with van der Waals surface area (Å²) in [6.07, 6.45) is 2.98. The second-order valence-corrected chi connectivity index (χ2v) is 3.93. The Kier molecular flexibility index (Phi) is 3.62. The minimum atomic E-state index is -0.171. The highest BCUT2D eigenvalue weighted by Gasteiger charge is 2.12. The van der Waals surface area contributed by atoms with Crippen LogP contribution in [0.4, 0.5) is 0 Å². The quantitative estimate of drug-likeness (QED) is 0.864. The van der Waals surface area contributed by atoms with Crippen molar-refractivity contribution in [3.05, 3.63) is 48.0 Å². The van der Waals surface area contributed by atoms with Crippen LogP contribution in [0.5, 0.6) is 5.75 Å². The highest BCUT2D eigenvalue weighted by atomic mass is 16.5. The lowest BCUT2D eigenvalue weighted by Gasteiger charge is -2.14. The number of rotatable bonds is 4. The molecular formula is C13H15N3O2. The molecule has 0 aliphatic rings. The first kappa shape index (κ1) is 12.2. The Morgan fingerprint density at radius 3 is 2.67 bits per heavy atom. The Bertz CT molecular complexity index is 506. The van der Waals surface area contributed by atoms with E-state index in [0.717, 1.165) is 11.3 Å². The molecule has 1 aromatic carbocycles. The fourth-order valence-corrected chi connectivity index (χ4v) is 1.63. The molecule has 2 rings (SSSR count). The number of H-pyrrole nitrogens is 1. The standard InChI is InChI=1S/C13H15N3O2/c1-9(10-3-5-11(18-2)6-4-10)16-13(17)12-7-14-8-15-12/h3-9H,1-2H3,(H,14,15)(H,16,17). The lowest BCUT2D eigenvalue weighted by Crippen LogP contribution is -2.26. The van der Waals surface area contributed by atoms with Crippen molar-refractivity contribution in [2.75, 3.05) is 7.11 Å². The highest BCUT2D eigenvalue weighted by Crippen LogP contribution is 2.17. The largest absolute Gasteiger partial charge is 0.497 e. The molecule has 94 valence electrons. The van der Waals surface area contributed by atoms with E-state index in [-0.39, 0.29) is 11.9 Å². The van der Waals surface area contributed by atoms with Gasteiger partial charge in [0.1, 0.15) is 11.4 Å². The molecule has 5 nitrogen and oxygen atoms in total. The average molecular weight is 245 g/mol.